The van der Waals surface area contributed by atoms with Crippen molar-refractivity contribution in [1.29, 1.82) is 0 Å². The number of hydrogen-bond acceptors (Lipinski definition) is 3. The van der Waals surface area contributed by atoms with E-state index in [1.54, 1.807) is 20.3 Å². The maximum absolute atomic E-state index is 11.6. The molecule has 1 rings (SSSR count). The summed E-state index contributed by atoms with van der Waals surface area (Å²) in [7, 11) is -0.124. The first kappa shape index (κ1) is 19.6. The third kappa shape index (κ3) is 3.38. The van der Waals surface area contributed by atoms with E-state index in [2.05, 4.69) is 45.9 Å². The van der Waals surface area contributed by atoms with Crippen LogP contribution in [0.4, 0.5) is 0 Å². The third-order valence-corrected chi connectivity index (χ3v) is 8.47. The van der Waals surface area contributed by atoms with Crippen LogP contribution >= 0.6 is 0 Å². The molecule has 1 aliphatic carbocycles. The quantitative estimate of drug-likeness (QED) is 0.569. The van der Waals surface area contributed by atoms with Gasteiger partial charge in [0.2, 0.25) is 0 Å². The average molecular weight is 341 g/mol. The molecule has 0 fully saturated rings. The van der Waals surface area contributed by atoms with Crippen molar-refractivity contribution in [3.05, 3.63) is 34.2 Å². The van der Waals surface area contributed by atoms with Gasteiger partial charge < -0.3 is 14.6 Å². The van der Waals surface area contributed by atoms with E-state index in [1.165, 1.54) is 0 Å². The molecule has 0 unspecified atom stereocenters. The van der Waals surface area contributed by atoms with E-state index in [1.807, 2.05) is 0 Å². The molecule has 1 aliphatic rings. The van der Waals surface area contributed by atoms with E-state index in [-0.39, 0.29) is 0 Å². The first-order valence-electron chi connectivity index (χ1n) is 7.77. The number of rotatable bonds is 7. The summed E-state index contributed by atoms with van der Waals surface area (Å²) in [5.41, 5.74) is 1.25. The van der Waals surface area contributed by atoms with Crippen LogP contribution in [-0.4, -0.2) is 54.3 Å². The smallest absolute Gasteiger partial charge is 0.119 e. The number of aliphatic hydroxyl groups is 1. The van der Waals surface area contributed by atoms with Crippen LogP contribution in [0.25, 0.3) is 0 Å². The molecular weight excluding hydrogens is 308 g/mol. The molecule has 0 atom stereocenters. The highest BCUT2D eigenvalue weighted by molar-refractivity contribution is 6.87. The van der Waals surface area contributed by atoms with Crippen molar-refractivity contribution in [2.75, 3.05) is 27.4 Å². The van der Waals surface area contributed by atoms with Crippen molar-refractivity contribution in [3.8, 4) is 0 Å². The summed E-state index contributed by atoms with van der Waals surface area (Å²) in [6, 6.07) is 0. The molecule has 0 heterocycles. The minimum Gasteiger partial charge on any atom is -0.380 e. The SMILES string of the molecule is C=CC1(O)C([Si](C)(C)C)=C(COC)C(COC)=C1[Si](C)(C)C. The number of hydrogen-bond donors (Lipinski definition) is 1. The van der Waals surface area contributed by atoms with Gasteiger partial charge in [0, 0.05) is 14.2 Å². The lowest BCUT2D eigenvalue weighted by molar-refractivity contribution is 0.181. The first-order chi connectivity index (χ1) is 9.95. The third-order valence-electron chi connectivity index (χ3n) is 4.10. The molecule has 0 spiro atoms. The van der Waals surface area contributed by atoms with Gasteiger partial charge >= 0.3 is 0 Å². The van der Waals surface area contributed by atoms with Crippen LogP contribution in [-0.2, 0) is 9.47 Å². The van der Waals surface area contributed by atoms with Gasteiger partial charge in [-0.1, -0.05) is 51.9 Å². The molecule has 0 saturated heterocycles. The van der Waals surface area contributed by atoms with E-state index >= 15 is 0 Å². The fourth-order valence-electron chi connectivity index (χ4n) is 3.75. The second-order valence-electron chi connectivity index (χ2n) is 8.04. The summed E-state index contributed by atoms with van der Waals surface area (Å²) in [5, 5.41) is 13.9. The maximum atomic E-state index is 11.6. The van der Waals surface area contributed by atoms with Crippen LogP contribution in [0.3, 0.4) is 0 Å². The van der Waals surface area contributed by atoms with Crippen molar-refractivity contribution < 1.29 is 14.6 Å². The summed E-state index contributed by atoms with van der Waals surface area (Å²) in [4.78, 5) is 0. The second kappa shape index (κ2) is 6.57. The molecule has 0 aromatic carbocycles. The molecule has 0 amide bonds. The highest BCUT2D eigenvalue weighted by Gasteiger charge is 2.51. The standard InChI is InChI=1S/C17H32O3Si2/c1-10-17(18)15(21(4,5)6)13(11-19-2)14(12-20-3)16(17)22(7,8)9/h10,18H,1,11-12H2,2-9H3. The van der Waals surface area contributed by atoms with E-state index in [0.717, 1.165) is 21.5 Å². The maximum Gasteiger partial charge on any atom is 0.119 e. The summed E-state index contributed by atoms with van der Waals surface area (Å²) >= 11 is 0. The molecular formula is C17H32O3Si2. The zero-order valence-corrected chi connectivity index (χ0v) is 17.5. The fraction of sp³-hybridized carbons (Fsp3) is 0.647. The van der Waals surface area contributed by atoms with Gasteiger partial charge in [0.15, 0.2) is 0 Å². The van der Waals surface area contributed by atoms with Crippen LogP contribution in [0, 0.1) is 0 Å². The van der Waals surface area contributed by atoms with E-state index in [4.69, 9.17) is 9.47 Å². The van der Waals surface area contributed by atoms with E-state index in [0.29, 0.717) is 13.2 Å². The molecule has 0 aromatic heterocycles. The molecule has 5 heteroatoms. The van der Waals surface area contributed by atoms with Crippen molar-refractivity contribution in [2.45, 2.75) is 44.9 Å². The largest absolute Gasteiger partial charge is 0.380 e. The highest BCUT2D eigenvalue weighted by Crippen LogP contribution is 2.49. The minimum absolute atomic E-state index is 0.516. The normalized spacial score (nSPS) is 19.1. The zero-order chi connectivity index (χ0) is 17.3. The molecule has 22 heavy (non-hydrogen) atoms. The number of methoxy groups -OCH3 is 2. The van der Waals surface area contributed by atoms with Crippen molar-refractivity contribution in [2.24, 2.45) is 0 Å². The molecule has 0 saturated carbocycles. The van der Waals surface area contributed by atoms with Crippen LogP contribution < -0.4 is 0 Å². The Labute approximate surface area is 137 Å². The lowest BCUT2D eigenvalue weighted by atomic mass is 10.1. The van der Waals surface area contributed by atoms with Gasteiger partial charge in [-0.05, 0) is 21.5 Å². The Morgan fingerprint density at radius 2 is 1.23 bits per heavy atom. The Morgan fingerprint density at radius 3 is 1.41 bits per heavy atom. The van der Waals surface area contributed by atoms with Crippen LogP contribution in [0.5, 0.6) is 0 Å². The van der Waals surface area contributed by atoms with Gasteiger partial charge in [-0.3, -0.25) is 0 Å². The van der Waals surface area contributed by atoms with Crippen LogP contribution in [0.2, 0.25) is 39.3 Å². The summed E-state index contributed by atoms with van der Waals surface area (Å²) < 4.78 is 10.9. The Balaban J connectivity index is 3.78. The van der Waals surface area contributed by atoms with Crippen molar-refractivity contribution in [1.82, 2.24) is 0 Å². The Bertz CT molecular complexity index is 465. The predicted octanol–water partition coefficient (Wildman–Crippen LogP) is 3.56. The first-order valence-corrected chi connectivity index (χ1v) is 14.8. The molecule has 0 radical (unpaired) electrons. The lowest BCUT2D eigenvalue weighted by Gasteiger charge is -2.38. The fourth-order valence-corrected chi connectivity index (χ4v) is 8.87. The Kier molecular flexibility index (Phi) is 5.85. The van der Waals surface area contributed by atoms with Crippen molar-refractivity contribution >= 4 is 16.1 Å². The molecule has 0 bridgehead atoms. The van der Waals surface area contributed by atoms with Crippen LogP contribution in [0.1, 0.15) is 0 Å². The van der Waals surface area contributed by atoms with E-state index in [9.17, 15) is 5.11 Å². The van der Waals surface area contributed by atoms with E-state index < -0.39 is 21.7 Å². The van der Waals surface area contributed by atoms with Crippen LogP contribution in [0.15, 0.2) is 34.2 Å². The van der Waals surface area contributed by atoms with Gasteiger partial charge in [0.25, 0.3) is 0 Å². The van der Waals surface area contributed by atoms with Crippen molar-refractivity contribution in [3.63, 3.8) is 0 Å². The van der Waals surface area contributed by atoms with Gasteiger partial charge in [0.05, 0.1) is 29.4 Å². The molecule has 126 valence electrons. The number of ether oxygens (including phenoxy) is 2. The Hall–Kier alpha value is -0.466. The summed E-state index contributed by atoms with van der Waals surface area (Å²) in [6.07, 6.45) is 1.73. The molecule has 1 N–H and O–H groups in total. The van der Waals surface area contributed by atoms with Gasteiger partial charge in [0.1, 0.15) is 5.60 Å². The van der Waals surface area contributed by atoms with Gasteiger partial charge in [-0.15, -0.1) is 0 Å². The summed E-state index contributed by atoms with van der Waals surface area (Å²) in [5.74, 6) is 0. The summed E-state index contributed by atoms with van der Waals surface area (Å²) in [6.45, 7) is 18.6. The molecule has 0 aromatic rings. The molecule has 0 aliphatic heterocycles. The zero-order valence-electron chi connectivity index (χ0n) is 15.5. The van der Waals surface area contributed by atoms with Gasteiger partial charge in [-0.2, -0.15) is 0 Å². The highest BCUT2D eigenvalue weighted by atomic mass is 28.3. The average Bonchev–Trinajstić information content (AvgIpc) is 2.59. The minimum atomic E-state index is -1.77. The Morgan fingerprint density at radius 1 is 0.909 bits per heavy atom. The predicted molar refractivity (Wildman–Crippen MR) is 99.6 cm³/mol. The topological polar surface area (TPSA) is 38.7 Å². The second-order valence-corrected chi connectivity index (χ2v) is 18.0. The molecule has 3 nitrogen and oxygen atoms in total. The van der Waals surface area contributed by atoms with Gasteiger partial charge in [-0.25, -0.2) is 0 Å². The lowest BCUT2D eigenvalue weighted by Crippen LogP contribution is -2.47. The monoisotopic (exact) mass is 340 g/mol.